The highest BCUT2D eigenvalue weighted by Crippen LogP contribution is 2.36. The maximum absolute atomic E-state index is 12.9. The standard InChI is InChI=1S/C20H15BrF3N3O.CH4/c21-15-8-11(10-25)4-5-14(15)19(26)18-16(6-7-17(18)28)27-13-3-1-2-12(9-13)20(22,23)24;/h1-5,8-9,19,27H,6-7,26H2;1H4. The molecular weight excluding hydrogens is 447 g/mol. The van der Waals surface area contributed by atoms with Gasteiger partial charge in [-0.05, 0) is 42.3 Å². The van der Waals surface area contributed by atoms with Crippen molar-refractivity contribution in [3.05, 3.63) is 74.9 Å². The van der Waals surface area contributed by atoms with Crippen molar-refractivity contribution in [2.45, 2.75) is 32.5 Å². The van der Waals surface area contributed by atoms with Crippen LogP contribution in [0.3, 0.4) is 0 Å². The van der Waals surface area contributed by atoms with Crippen LogP contribution in [0.2, 0.25) is 0 Å². The Hall–Kier alpha value is -2.63. The van der Waals surface area contributed by atoms with Gasteiger partial charge in [-0.15, -0.1) is 0 Å². The third-order valence-corrected chi connectivity index (χ3v) is 5.18. The van der Waals surface area contributed by atoms with Gasteiger partial charge in [-0.2, -0.15) is 18.4 Å². The third-order valence-electron chi connectivity index (χ3n) is 4.49. The summed E-state index contributed by atoms with van der Waals surface area (Å²) in [6.07, 6.45) is -3.85. The molecule has 1 aliphatic rings. The van der Waals surface area contributed by atoms with Crippen LogP contribution >= 0.6 is 15.9 Å². The fraction of sp³-hybridized carbons (Fsp3) is 0.238. The van der Waals surface area contributed by atoms with Crippen LogP contribution in [-0.4, -0.2) is 5.78 Å². The second kappa shape index (κ2) is 8.80. The number of carbonyl (C=O) groups is 1. The summed E-state index contributed by atoms with van der Waals surface area (Å²) in [5.41, 5.74) is 7.68. The fourth-order valence-electron chi connectivity index (χ4n) is 3.12. The fourth-order valence-corrected chi connectivity index (χ4v) is 3.74. The highest BCUT2D eigenvalue weighted by Gasteiger charge is 2.32. The van der Waals surface area contributed by atoms with Crippen molar-refractivity contribution in [1.29, 1.82) is 5.26 Å². The van der Waals surface area contributed by atoms with Crippen LogP contribution in [0.1, 0.15) is 43.0 Å². The number of nitrogens with one attached hydrogen (secondary N) is 1. The Balaban J connectivity index is 0.00000300. The number of ketones is 1. The summed E-state index contributed by atoms with van der Waals surface area (Å²) in [5.74, 6) is -0.154. The lowest BCUT2D eigenvalue weighted by Gasteiger charge is -2.18. The first-order valence-corrected chi connectivity index (χ1v) is 9.15. The molecule has 3 N–H and O–H groups in total. The molecule has 0 saturated carbocycles. The van der Waals surface area contributed by atoms with Crippen molar-refractivity contribution >= 4 is 27.4 Å². The zero-order chi connectivity index (χ0) is 20.5. The van der Waals surface area contributed by atoms with Crippen LogP contribution in [0.5, 0.6) is 0 Å². The Morgan fingerprint density at radius 1 is 1.17 bits per heavy atom. The molecule has 0 bridgehead atoms. The smallest absolute Gasteiger partial charge is 0.358 e. The molecule has 152 valence electrons. The van der Waals surface area contributed by atoms with E-state index >= 15 is 0 Å². The number of nitrogens with zero attached hydrogens (tertiary/aromatic N) is 1. The SMILES string of the molecule is C.N#Cc1ccc(C(N)C2=C(Nc3cccc(C(F)(F)F)c3)CCC2=O)c(Br)c1. The molecule has 1 unspecified atom stereocenters. The summed E-state index contributed by atoms with van der Waals surface area (Å²) < 4.78 is 39.4. The van der Waals surface area contributed by atoms with Crippen molar-refractivity contribution < 1.29 is 18.0 Å². The Morgan fingerprint density at radius 3 is 2.52 bits per heavy atom. The van der Waals surface area contributed by atoms with Crippen LogP contribution in [0.25, 0.3) is 0 Å². The normalized spacial score (nSPS) is 15.0. The van der Waals surface area contributed by atoms with Gasteiger partial charge in [0.25, 0.3) is 0 Å². The second-order valence-electron chi connectivity index (χ2n) is 6.34. The molecule has 0 spiro atoms. The predicted octanol–water partition coefficient (Wildman–Crippen LogP) is 5.70. The van der Waals surface area contributed by atoms with E-state index in [0.717, 1.165) is 12.1 Å². The summed E-state index contributed by atoms with van der Waals surface area (Å²) in [5, 5.41) is 11.9. The molecule has 2 aromatic rings. The first-order chi connectivity index (χ1) is 13.2. The second-order valence-corrected chi connectivity index (χ2v) is 7.20. The van der Waals surface area contributed by atoms with E-state index in [1.165, 1.54) is 12.1 Å². The average molecular weight is 466 g/mol. The number of benzene rings is 2. The molecule has 3 rings (SSSR count). The topological polar surface area (TPSA) is 78.9 Å². The molecule has 0 saturated heterocycles. The molecular formula is C21H19BrF3N3O. The molecule has 0 fully saturated rings. The van der Waals surface area contributed by atoms with Crippen LogP contribution in [0.15, 0.2) is 58.2 Å². The van der Waals surface area contributed by atoms with E-state index in [9.17, 15) is 18.0 Å². The van der Waals surface area contributed by atoms with Crippen molar-refractivity contribution in [3.8, 4) is 6.07 Å². The maximum Gasteiger partial charge on any atom is 0.416 e. The predicted molar refractivity (Wildman–Crippen MR) is 109 cm³/mol. The number of halogens is 4. The van der Waals surface area contributed by atoms with Gasteiger partial charge in [0.15, 0.2) is 5.78 Å². The minimum absolute atomic E-state index is 0. The first-order valence-electron chi connectivity index (χ1n) is 8.36. The number of hydrogen-bond acceptors (Lipinski definition) is 4. The Bertz CT molecular complexity index is 1010. The maximum atomic E-state index is 12.9. The number of nitriles is 1. The Kier molecular flexibility index (Phi) is 6.88. The van der Waals surface area contributed by atoms with Gasteiger partial charge in [-0.3, -0.25) is 4.79 Å². The lowest BCUT2D eigenvalue weighted by molar-refractivity contribution is -0.137. The Labute approximate surface area is 175 Å². The third kappa shape index (κ3) is 4.86. The number of carbonyl (C=O) groups excluding carboxylic acids is 1. The van der Waals surface area contributed by atoms with Gasteiger partial charge in [0.05, 0.1) is 23.2 Å². The van der Waals surface area contributed by atoms with E-state index in [0.29, 0.717) is 33.3 Å². The molecule has 0 amide bonds. The van der Waals surface area contributed by atoms with Crippen LogP contribution in [0, 0.1) is 11.3 Å². The summed E-state index contributed by atoms with van der Waals surface area (Å²) in [4.78, 5) is 12.4. The molecule has 0 heterocycles. The van der Waals surface area contributed by atoms with Gasteiger partial charge < -0.3 is 11.1 Å². The summed E-state index contributed by atoms with van der Waals surface area (Å²) in [6.45, 7) is 0. The van der Waals surface area contributed by atoms with Crippen molar-refractivity contribution in [2.24, 2.45) is 5.73 Å². The van der Waals surface area contributed by atoms with Crippen molar-refractivity contribution in [2.75, 3.05) is 5.32 Å². The van der Waals surface area contributed by atoms with Crippen LogP contribution in [-0.2, 0) is 11.0 Å². The van der Waals surface area contributed by atoms with E-state index in [1.807, 2.05) is 6.07 Å². The minimum atomic E-state index is -4.45. The molecule has 2 aromatic carbocycles. The monoisotopic (exact) mass is 465 g/mol. The highest BCUT2D eigenvalue weighted by molar-refractivity contribution is 9.10. The molecule has 8 heteroatoms. The number of allylic oxidation sites excluding steroid dienone is 1. The van der Waals surface area contributed by atoms with E-state index < -0.39 is 17.8 Å². The highest BCUT2D eigenvalue weighted by atomic mass is 79.9. The lowest BCUT2D eigenvalue weighted by Crippen LogP contribution is -2.20. The number of anilines is 1. The van der Waals surface area contributed by atoms with Crippen molar-refractivity contribution in [1.82, 2.24) is 0 Å². The number of rotatable bonds is 4. The van der Waals surface area contributed by atoms with E-state index in [4.69, 9.17) is 11.0 Å². The van der Waals surface area contributed by atoms with Gasteiger partial charge in [0, 0.05) is 27.9 Å². The van der Waals surface area contributed by atoms with Gasteiger partial charge in [0.2, 0.25) is 0 Å². The van der Waals surface area contributed by atoms with Crippen LogP contribution < -0.4 is 11.1 Å². The molecule has 0 aromatic heterocycles. The molecule has 4 nitrogen and oxygen atoms in total. The summed E-state index contributed by atoms with van der Waals surface area (Å²) in [7, 11) is 0. The molecule has 29 heavy (non-hydrogen) atoms. The summed E-state index contributed by atoms with van der Waals surface area (Å²) in [6, 6.07) is 10.9. The zero-order valence-electron chi connectivity index (χ0n) is 14.5. The lowest BCUT2D eigenvalue weighted by atomic mass is 9.96. The van der Waals surface area contributed by atoms with E-state index in [2.05, 4.69) is 21.2 Å². The van der Waals surface area contributed by atoms with Crippen molar-refractivity contribution in [3.63, 3.8) is 0 Å². The Morgan fingerprint density at radius 2 is 1.90 bits per heavy atom. The number of nitrogens with two attached hydrogens (primary N) is 1. The minimum Gasteiger partial charge on any atom is -0.358 e. The average Bonchev–Trinajstić information content (AvgIpc) is 3.00. The van der Waals surface area contributed by atoms with Gasteiger partial charge in [-0.1, -0.05) is 35.5 Å². The van der Waals surface area contributed by atoms with E-state index in [1.54, 1.807) is 18.2 Å². The van der Waals surface area contributed by atoms with Crippen LogP contribution in [0.4, 0.5) is 18.9 Å². The molecule has 1 aliphatic carbocycles. The van der Waals surface area contributed by atoms with Gasteiger partial charge in [-0.25, -0.2) is 0 Å². The zero-order valence-corrected chi connectivity index (χ0v) is 16.1. The molecule has 0 radical (unpaired) electrons. The summed E-state index contributed by atoms with van der Waals surface area (Å²) >= 11 is 3.36. The van der Waals surface area contributed by atoms with Gasteiger partial charge in [0.1, 0.15) is 0 Å². The number of hydrogen-bond donors (Lipinski definition) is 2. The number of alkyl halides is 3. The molecule has 0 aliphatic heterocycles. The largest absolute Gasteiger partial charge is 0.416 e. The van der Waals surface area contributed by atoms with E-state index in [-0.39, 0.29) is 25.3 Å². The molecule has 1 atom stereocenters. The quantitative estimate of drug-likeness (QED) is 0.606. The van der Waals surface area contributed by atoms with Gasteiger partial charge >= 0.3 is 6.18 Å². The number of Topliss-reactive ketones (excluding diaryl/α,β-unsaturated/α-hetero) is 1. The first kappa shape index (κ1) is 22.7.